The van der Waals surface area contributed by atoms with Crippen LogP contribution in [0.5, 0.6) is 0 Å². The van der Waals surface area contributed by atoms with E-state index in [9.17, 15) is 14.4 Å². The van der Waals surface area contributed by atoms with Gasteiger partial charge in [-0.1, -0.05) is 24.3 Å². The summed E-state index contributed by atoms with van der Waals surface area (Å²) < 4.78 is 0. The van der Waals surface area contributed by atoms with Crippen molar-refractivity contribution in [3.05, 3.63) is 35.4 Å². The fourth-order valence-electron chi connectivity index (χ4n) is 3.86. The van der Waals surface area contributed by atoms with Gasteiger partial charge in [0.1, 0.15) is 0 Å². The molecule has 7 heteroatoms. The molecule has 3 amide bonds. The molecule has 0 spiro atoms. The molecule has 3 rings (SSSR count). The molecule has 28 heavy (non-hydrogen) atoms. The Morgan fingerprint density at radius 1 is 1.21 bits per heavy atom. The van der Waals surface area contributed by atoms with E-state index in [-0.39, 0.29) is 24.1 Å². The van der Waals surface area contributed by atoms with Crippen LogP contribution in [-0.4, -0.2) is 66.3 Å². The third kappa shape index (κ3) is 5.32. The average Bonchev–Trinajstić information content (AvgIpc) is 2.68. The van der Waals surface area contributed by atoms with Crippen LogP contribution in [0.25, 0.3) is 0 Å². The highest BCUT2D eigenvalue weighted by Gasteiger charge is 2.31. The molecule has 2 aliphatic rings. The Bertz CT molecular complexity index is 721. The smallest absolute Gasteiger partial charge is 0.237 e. The highest BCUT2D eigenvalue weighted by atomic mass is 16.2. The molecule has 0 aromatic heterocycles. The van der Waals surface area contributed by atoms with Crippen LogP contribution >= 0.6 is 0 Å². The lowest BCUT2D eigenvalue weighted by Gasteiger charge is -2.35. The maximum Gasteiger partial charge on any atom is 0.237 e. The molecule has 2 heterocycles. The first-order valence-corrected chi connectivity index (χ1v) is 10.2. The highest BCUT2D eigenvalue weighted by molar-refractivity contribution is 5.88. The molecule has 7 nitrogen and oxygen atoms in total. The van der Waals surface area contributed by atoms with Crippen LogP contribution in [0.3, 0.4) is 0 Å². The van der Waals surface area contributed by atoms with E-state index in [0.29, 0.717) is 32.6 Å². The number of piperidine rings is 1. The molecular formula is C21H30N4O3. The number of nitrogens with one attached hydrogen (secondary N) is 2. The monoisotopic (exact) mass is 386 g/mol. The van der Waals surface area contributed by atoms with Gasteiger partial charge < -0.3 is 15.5 Å². The van der Waals surface area contributed by atoms with Crippen molar-refractivity contribution in [2.75, 3.05) is 32.7 Å². The molecule has 0 radical (unpaired) electrons. The van der Waals surface area contributed by atoms with Gasteiger partial charge in [-0.15, -0.1) is 0 Å². The fourth-order valence-corrected chi connectivity index (χ4v) is 3.86. The Labute approximate surface area is 166 Å². The van der Waals surface area contributed by atoms with Gasteiger partial charge in [0.05, 0.1) is 12.5 Å². The van der Waals surface area contributed by atoms with Gasteiger partial charge in [0, 0.05) is 45.7 Å². The Hall–Kier alpha value is -2.41. The van der Waals surface area contributed by atoms with Crippen LogP contribution in [0.1, 0.15) is 36.8 Å². The molecule has 2 aliphatic heterocycles. The molecule has 1 atom stereocenters. The maximum atomic E-state index is 12.4. The number of carbonyl (C=O) groups excluding carboxylic acids is 3. The quantitative estimate of drug-likeness (QED) is 0.727. The van der Waals surface area contributed by atoms with Crippen LogP contribution in [0.15, 0.2) is 24.3 Å². The zero-order valence-corrected chi connectivity index (χ0v) is 16.6. The van der Waals surface area contributed by atoms with Gasteiger partial charge in [-0.25, -0.2) is 0 Å². The summed E-state index contributed by atoms with van der Waals surface area (Å²) in [6, 6.07) is 7.65. The third-order valence-electron chi connectivity index (χ3n) is 5.58. The van der Waals surface area contributed by atoms with Crippen molar-refractivity contribution < 1.29 is 14.4 Å². The summed E-state index contributed by atoms with van der Waals surface area (Å²) in [6.07, 6.45) is 2.71. The SMILES string of the molecule is Cc1ccccc1CN1CCNC(=O)[C@@H]1CC(=O)NCCN1CCCCC1=O. The normalized spacial score (nSPS) is 20.8. The Balaban J connectivity index is 1.52. The number of rotatable bonds is 7. The number of hydrogen-bond donors (Lipinski definition) is 2. The van der Waals surface area contributed by atoms with Gasteiger partial charge in [-0.3, -0.25) is 19.3 Å². The number of likely N-dealkylation sites (tertiary alicyclic amines) is 1. The van der Waals surface area contributed by atoms with E-state index < -0.39 is 6.04 Å². The van der Waals surface area contributed by atoms with E-state index >= 15 is 0 Å². The van der Waals surface area contributed by atoms with E-state index in [4.69, 9.17) is 0 Å². The summed E-state index contributed by atoms with van der Waals surface area (Å²) in [6.45, 7) is 5.76. The molecular weight excluding hydrogens is 356 g/mol. The first kappa shape index (κ1) is 20.3. The summed E-state index contributed by atoms with van der Waals surface area (Å²) in [5.74, 6) is -0.0842. The fraction of sp³-hybridized carbons (Fsp3) is 0.571. The number of amides is 3. The van der Waals surface area contributed by atoms with Crippen molar-refractivity contribution >= 4 is 17.7 Å². The molecule has 0 saturated carbocycles. The topological polar surface area (TPSA) is 81.8 Å². The predicted molar refractivity (Wildman–Crippen MR) is 106 cm³/mol. The number of carbonyl (C=O) groups is 3. The molecule has 152 valence electrons. The van der Waals surface area contributed by atoms with Gasteiger partial charge in [-0.05, 0) is 30.9 Å². The molecule has 2 N–H and O–H groups in total. The minimum atomic E-state index is -0.468. The van der Waals surface area contributed by atoms with Crippen LogP contribution in [0, 0.1) is 6.92 Å². The lowest BCUT2D eigenvalue weighted by atomic mass is 10.0. The molecule has 2 fully saturated rings. The number of piperazine rings is 1. The van der Waals surface area contributed by atoms with Crippen molar-refractivity contribution in [2.45, 2.75) is 45.2 Å². The van der Waals surface area contributed by atoms with E-state index in [1.54, 1.807) is 0 Å². The van der Waals surface area contributed by atoms with Crippen LogP contribution in [0.4, 0.5) is 0 Å². The maximum absolute atomic E-state index is 12.4. The summed E-state index contributed by atoms with van der Waals surface area (Å²) in [5, 5.41) is 5.74. The number of aryl methyl sites for hydroxylation is 1. The zero-order chi connectivity index (χ0) is 19.9. The van der Waals surface area contributed by atoms with Crippen molar-refractivity contribution in [2.24, 2.45) is 0 Å². The third-order valence-corrected chi connectivity index (χ3v) is 5.58. The van der Waals surface area contributed by atoms with Gasteiger partial charge in [-0.2, -0.15) is 0 Å². The number of hydrogen-bond acceptors (Lipinski definition) is 4. The molecule has 0 unspecified atom stereocenters. The van der Waals surface area contributed by atoms with Crippen LogP contribution < -0.4 is 10.6 Å². The van der Waals surface area contributed by atoms with Gasteiger partial charge in [0.2, 0.25) is 17.7 Å². The molecule has 2 saturated heterocycles. The van der Waals surface area contributed by atoms with Crippen molar-refractivity contribution in [3.8, 4) is 0 Å². The summed E-state index contributed by atoms with van der Waals surface area (Å²) in [4.78, 5) is 40.5. The van der Waals surface area contributed by atoms with E-state index in [0.717, 1.165) is 25.9 Å². The number of nitrogens with zero attached hydrogens (tertiary/aromatic N) is 2. The van der Waals surface area contributed by atoms with Gasteiger partial charge in [0.25, 0.3) is 0 Å². The second-order valence-electron chi connectivity index (χ2n) is 7.60. The molecule has 0 aliphatic carbocycles. The summed E-state index contributed by atoms with van der Waals surface area (Å²) in [5.41, 5.74) is 2.36. The first-order valence-electron chi connectivity index (χ1n) is 10.2. The van der Waals surface area contributed by atoms with Crippen molar-refractivity contribution in [3.63, 3.8) is 0 Å². The Morgan fingerprint density at radius 2 is 2.04 bits per heavy atom. The minimum absolute atomic E-state index is 0.0961. The first-order chi connectivity index (χ1) is 13.5. The van der Waals surface area contributed by atoms with E-state index in [1.165, 1.54) is 11.1 Å². The number of benzene rings is 1. The second-order valence-corrected chi connectivity index (χ2v) is 7.60. The molecule has 0 bridgehead atoms. The second kappa shape index (κ2) is 9.68. The lowest BCUT2D eigenvalue weighted by molar-refractivity contribution is -0.134. The van der Waals surface area contributed by atoms with E-state index in [1.807, 2.05) is 17.0 Å². The highest BCUT2D eigenvalue weighted by Crippen LogP contribution is 2.16. The average molecular weight is 386 g/mol. The lowest BCUT2D eigenvalue weighted by Crippen LogP contribution is -2.56. The summed E-state index contributed by atoms with van der Waals surface area (Å²) in [7, 11) is 0. The van der Waals surface area contributed by atoms with Crippen molar-refractivity contribution in [1.29, 1.82) is 0 Å². The minimum Gasteiger partial charge on any atom is -0.354 e. The predicted octanol–water partition coefficient (Wildman–Crippen LogP) is 0.814. The van der Waals surface area contributed by atoms with Crippen LogP contribution in [-0.2, 0) is 20.9 Å². The Kier molecular flexibility index (Phi) is 7.03. The molecule has 1 aromatic carbocycles. The molecule has 1 aromatic rings. The van der Waals surface area contributed by atoms with Gasteiger partial charge >= 0.3 is 0 Å². The zero-order valence-electron chi connectivity index (χ0n) is 16.6. The van der Waals surface area contributed by atoms with E-state index in [2.05, 4.69) is 34.6 Å². The summed E-state index contributed by atoms with van der Waals surface area (Å²) >= 11 is 0. The largest absolute Gasteiger partial charge is 0.354 e. The Morgan fingerprint density at radius 3 is 2.82 bits per heavy atom. The van der Waals surface area contributed by atoms with Crippen LogP contribution in [0.2, 0.25) is 0 Å². The standard InChI is InChI=1S/C21H30N4O3/c1-16-6-2-3-7-17(16)15-25-13-10-23-21(28)18(25)14-19(26)22-9-12-24-11-5-4-8-20(24)27/h2-3,6-7,18H,4-5,8-15H2,1H3,(H,22,26)(H,23,28)/t18-/m0/s1. The van der Waals surface area contributed by atoms with Crippen molar-refractivity contribution in [1.82, 2.24) is 20.4 Å². The van der Waals surface area contributed by atoms with Gasteiger partial charge in [0.15, 0.2) is 0 Å².